The Hall–Kier alpha value is -2.67. The molecule has 7 nitrogen and oxygen atoms in total. The molecule has 2 fully saturated rings. The summed E-state index contributed by atoms with van der Waals surface area (Å²) < 4.78 is 5.55. The number of nitrogens with zero attached hydrogens (tertiary/aromatic N) is 1. The van der Waals surface area contributed by atoms with Crippen LogP contribution >= 0.6 is 0 Å². The fourth-order valence-corrected chi connectivity index (χ4v) is 5.27. The van der Waals surface area contributed by atoms with Gasteiger partial charge in [0.1, 0.15) is 6.04 Å². The molecule has 3 aliphatic heterocycles. The van der Waals surface area contributed by atoms with Crippen molar-refractivity contribution in [2.45, 2.75) is 57.5 Å². The third kappa shape index (κ3) is 5.64. The van der Waals surface area contributed by atoms with Crippen LogP contribution in [0.25, 0.3) is 0 Å². The van der Waals surface area contributed by atoms with E-state index < -0.39 is 11.5 Å². The molecule has 3 aliphatic rings. The molecule has 1 spiro atoms. The van der Waals surface area contributed by atoms with Gasteiger partial charge < -0.3 is 20.3 Å². The Bertz CT molecular complexity index is 879. The molecule has 4 rings (SSSR count). The third-order valence-electron chi connectivity index (χ3n) is 7.46. The van der Waals surface area contributed by atoms with Crippen LogP contribution in [0.5, 0.6) is 0 Å². The summed E-state index contributed by atoms with van der Waals surface area (Å²) in [6, 6.07) is 9.14. The standard InChI is InChI=1S/C26H35N3O4/c1-19(30)29-14-10-22-21(18-29)9-5-6-11-26(12-15-33-16-13-26)25(32)28-23(24(31)27-22)17-20-7-3-2-4-8-20/h2-8,21-23H,9-18H2,1H3,(H,27,31)(H,28,32)/b6-5+/t21-,22+,23+/m1/s1. The highest BCUT2D eigenvalue weighted by molar-refractivity contribution is 5.90. The predicted octanol–water partition coefficient (Wildman–Crippen LogP) is 2.21. The molecule has 2 N–H and O–H groups in total. The van der Waals surface area contributed by atoms with Gasteiger partial charge in [-0.15, -0.1) is 0 Å². The van der Waals surface area contributed by atoms with E-state index in [2.05, 4.69) is 22.8 Å². The summed E-state index contributed by atoms with van der Waals surface area (Å²) in [7, 11) is 0. The molecular formula is C26H35N3O4. The number of hydrogen-bond acceptors (Lipinski definition) is 4. The highest BCUT2D eigenvalue weighted by Gasteiger charge is 2.41. The van der Waals surface area contributed by atoms with E-state index in [0.717, 1.165) is 18.4 Å². The number of nitrogens with one attached hydrogen (secondary N) is 2. The lowest BCUT2D eigenvalue weighted by Crippen LogP contribution is -2.58. The molecule has 178 valence electrons. The van der Waals surface area contributed by atoms with E-state index in [4.69, 9.17) is 4.74 Å². The third-order valence-corrected chi connectivity index (χ3v) is 7.46. The quantitative estimate of drug-likeness (QED) is 0.672. The number of hydrogen-bond donors (Lipinski definition) is 2. The molecule has 2 saturated heterocycles. The first-order chi connectivity index (χ1) is 16.0. The molecule has 0 radical (unpaired) electrons. The molecule has 3 heterocycles. The largest absolute Gasteiger partial charge is 0.381 e. The zero-order chi connectivity index (χ0) is 23.3. The van der Waals surface area contributed by atoms with Crippen molar-refractivity contribution in [1.29, 1.82) is 0 Å². The number of carbonyl (C=O) groups excluding carboxylic acids is 3. The maximum absolute atomic E-state index is 13.5. The van der Waals surface area contributed by atoms with Gasteiger partial charge in [-0.1, -0.05) is 42.5 Å². The number of ether oxygens (including phenoxy) is 1. The number of amides is 3. The molecule has 1 aromatic rings. The van der Waals surface area contributed by atoms with Gasteiger partial charge >= 0.3 is 0 Å². The maximum Gasteiger partial charge on any atom is 0.243 e. The number of benzene rings is 1. The molecule has 7 heteroatoms. The Morgan fingerprint density at radius 2 is 1.88 bits per heavy atom. The highest BCUT2D eigenvalue weighted by atomic mass is 16.5. The van der Waals surface area contributed by atoms with E-state index in [1.54, 1.807) is 6.92 Å². The average Bonchev–Trinajstić information content (AvgIpc) is 2.82. The average molecular weight is 454 g/mol. The normalized spacial score (nSPS) is 29.1. The molecule has 3 atom stereocenters. The number of carbonyl (C=O) groups is 3. The lowest BCUT2D eigenvalue weighted by atomic mass is 9.75. The van der Waals surface area contributed by atoms with Crippen molar-refractivity contribution >= 4 is 17.7 Å². The van der Waals surface area contributed by atoms with E-state index in [1.165, 1.54) is 0 Å². The van der Waals surface area contributed by atoms with Crippen LogP contribution in [0.3, 0.4) is 0 Å². The predicted molar refractivity (Wildman–Crippen MR) is 125 cm³/mol. The first-order valence-electron chi connectivity index (χ1n) is 12.1. The van der Waals surface area contributed by atoms with Gasteiger partial charge in [-0.05, 0) is 37.7 Å². The van der Waals surface area contributed by atoms with Crippen molar-refractivity contribution in [3.8, 4) is 0 Å². The van der Waals surface area contributed by atoms with Crippen LogP contribution in [0.15, 0.2) is 42.5 Å². The minimum atomic E-state index is -0.644. The van der Waals surface area contributed by atoms with Crippen LogP contribution in [-0.4, -0.2) is 61.0 Å². The first kappa shape index (κ1) is 23.5. The molecule has 0 bridgehead atoms. The van der Waals surface area contributed by atoms with E-state index >= 15 is 0 Å². The highest BCUT2D eigenvalue weighted by Crippen LogP contribution is 2.36. The monoisotopic (exact) mass is 453 g/mol. The van der Waals surface area contributed by atoms with Crippen LogP contribution < -0.4 is 10.6 Å². The van der Waals surface area contributed by atoms with E-state index in [0.29, 0.717) is 52.0 Å². The molecule has 0 saturated carbocycles. The fraction of sp³-hybridized carbons (Fsp3) is 0.577. The van der Waals surface area contributed by atoms with Gasteiger partial charge in [-0.3, -0.25) is 14.4 Å². The number of piperidine rings is 1. The summed E-state index contributed by atoms with van der Waals surface area (Å²) in [5.74, 6) is 0.0199. The van der Waals surface area contributed by atoms with Gasteiger partial charge in [0.25, 0.3) is 0 Å². The summed E-state index contributed by atoms with van der Waals surface area (Å²) in [6.45, 7) is 3.98. The maximum atomic E-state index is 13.5. The Kier molecular flexibility index (Phi) is 7.48. The molecule has 0 aliphatic carbocycles. The Morgan fingerprint density at radius 1 is 1.12 bits per heavy atom. The zero-order valence-electron chi connectivity index (χ0n) is 19.4. The molecular weight excluding hydrogens is 418 g/mol. The minimum Gasteiger partial charge on any atom is -0.381 e. The lowest BCUT2D eigenvalue weighted by molar-refractivity contribution is -0.140. The van der Waals surface area contributed by atoms with Crippen molar-refractivity contribution in [3.63, 3.8) is 0 Å². The van der Waals surface area contributed by atoms with Crippen molar-refractivity contribution in [2.75, 3.05) is 26.3 Å². The molecule has 3 amide bonds. The SMILES string of the molecule is CC(=O)N1CC[C@@H]2NC(=O)[C@H](Cc3ccccc3)NC(=O)C3(C/C=C/C[C@@H]2C1)CCOCC3. The Balaban J connectivity index is 1.61. The zero-order valence-corrected chi connectivity index (χ0v) is 19.4. The van der Waals surface area contributed by atoms with E-state index in [1.807, 2.05) is 35.2 Å². The van der Waals surface area contributed by atoms with Gasteiger partial charge in [0.05, 0.1) is 5.41 Å². The second-order valence-electron chi connectivity index (χ2n) is 9.65. The van der Waals surface area contributed by atoms with Crippen molar-refractivity contribution in [1.82, 2.24) is 15.5 Å². The second kappa shape index (κ2) is 10.5. The topological polar surface area (TPSA) is 87.7 Å². The van der Waals surface area contributed by atoms with Gasteiger partial charge in [0, 0.05) is 51.6 Å². The van der Waals surface area contributed by atoms with Crippen LogP contribution in [0.2, 0.25) is 0 Å². The molecule has 0 unspecified atom stereocenters. The summed E-state index contributed by atoms with van der Waals surface area (Å²) in [6.07, 6.45) is 8.10. The number of fused-ring (bicyclic) bond motifs is 1. The number of rotatable bonds is 2. The van der Waals surface area contributed by atoms with Crippen LogP contribution in [-0.2, 0) is 25.5 Å². The van der Waals surface area contributed by atoms with Crippen LogP contribution in [0, 0.1) is 11.3 Å². The van der Waals surface area contributed by atoms with Gasteiger partial charge in [0.15, 0.2) is 0 Å². The van der Waals surface area contributed by atoms with Crippen LogP contribution in [0.4, 0.5) is 0 Å². The summed E-state index contributed by atoms with van der Waals surface area (Å²) >= 11 is 0. The van der Waals surface area contributed by atoms with Crippen molar-refractivity contribution in [2.24, 2.45) is 11.3 Å². The van der Waals surface area contributed by atoms with Crippen molar-refractivity contribution in [3.05, 3.63) is 48.0 Å². The van der Waals surface area contributed by atoms with Gasteiger partial charge in [0.2, 0.25) is 17.7 Å². The Labute approximate surface area is 195 Å². The summed E-state index contributed by atoms with van der Waals surface area (Å²) in [4.78, 5) is 40.8. The first-order valence-corrected chi connectivity index (χ1v) is 12.1. The molecule has 0 aromatic heterocycles. The van der Waals surface area contributed by atoms with E-state index in [-0.39, 0.29) is 29.7 Å². The number of allylic oxidation sites excluding steroid dienone is 2. The Morgan fingerprint density at radius 3 is 2.61 bits per heavy atom. The molecule has 1 aromatic carbocycles. The van der Waals surface area contributed by atoms with Gasteiger partial charge in [-0.2, -0.15) is 0 Å². The van der Waals surface area contributed by atoms with Gasteiger partial charge in [-0.25, -0.2) is 0 Å². The molecule has 33 heavy (non-hydrogen) atoms. The minimum absolute atomic E-state index is 0.0237. The van der Waals surface area contributed by atoms with E-state index in [9.17, 15) is 14.4 Å². The summed E-state index contributed by atoms with van der Waals surface area (Å²) in [5.41, 5.74) is 0.453. The summed E-state index contributed by atoms with van der Waals surface area (Å²) in [5, 5.41) is 6.34. The van der Waals surface area contributed by atoms with Crippen molar-refractivity contribution < 1.29 is 19.1 Å². The fourth-order valence-electron chi connectivity index (χ4n) is 5.27. The number of likely N-dealkylation sites (tertiary alicyclic amines) is 1. The second-order valence-corrected chi connectivity index (χ2v) is 9.65. The lowest BCUT2D eigenvalue weighted by Gasteiger charge is -2.40. The smallest absolute Gasteiger partial charge is 0.243 e. The van der Waals surface area contributed by atoms with Crippen LogP contribution in [0.1, 0.15) is 44.6 Å².